The molecule has 3 aromatic rings. The molecule has 2 aromatic carbocycles. The van der Waals surface area contributed by atoms with E-state index in [1.54, 1.807) is 43.0 Å². The van der Waals surface area contributed by atoms with Crippen LogP contribution in [0.1, 0.15) is 11.3 Å². The van der Waals surface area contributed by atoms with Crippen molar-refractivity contribution in [1.29, 1.82) is 0 Å². The number of imide groups is 2. The number of allylic oxidation sites excluding steroid dienone is 1. The van der Waals surface area contributed by atoms with E-state index in [2.05, 4.69) is 5.10 Å². The second-order valence-corrected chi connectivity index (χ2v) is 8.07. The van der Waals surface area contributed by atoms with Gasteiger partial charge in [0.05, 0.1) is 24.1 Å². The van der Waals surface area contributed by atoms with E-state index in [-0.39, 0.29) is 0 Å². The lowest BCUT2D eigenvalue weighted by Gasteiger charge is -2.31. The molecular formula is C26H24N4O6. The average Bonchev–Trinajstić information content (AvgIpc) is 3.20. The average molecular weight is 489 g/mol. The first-order chi connectivity index (χ1) is 17.2. The molecule has 10 heteroatoms. The van der Waals surface area contributed by atoms with Crippen LogP contribution in [0.3, 0.4) is 0 Å². The largest absolute Gasteiger partial charge is 0.497 e. The summed E-state index contributed by atoms with van der Waals surface area (Å²) in [6, 6.07) is 15.5. The number of rotatable bonds is 7. The van der Waals surface area contributed by atoms with E-state index in [1.807, 2.05) is 30.3 Å². The van der Waals surface area contributed by atoms with Gasteiger partial charge < -0.3 is 9.47 Å². The molecule has 0 unspecified atom stereocenters. The maximum Gasteiger partial charge on any atom is 0.332 e. The number of aromatic nitrogens is 2. The van der Waals surface area contributed by atoms with Crippen molar-refractivity contribution in [3.05, 3.63) is 71.9 Å². The van der Waals surface area contributed by atoms with Gasteiger partial charge in [-0.2, -0.15) is 9.78 Å². The molecule has 4 rings (SSSR count). The topological polar surface area (TPSA) is 111 Å². The van der Waals surface area contributed by atoms with Crippen LogP contribution in [-0.4, -0.2) is 64.4 Å². The number of benzene rings is 2. The van der Waals surface area contributed by atoms with E-state index < -0.39 is 29.5 Å². The highest BCUT2D eigenvalue weighted by atomic mass is 16.5. The number of methoxy groups -OCH3 is 1. The number of barbiturate groups is 1. The number of hydrogen-bond donors (Lipinski definition) is 0. The van der Waals surface area contributed by atoms with Gasteiger partial charge in [-0.05, 0) is 55.5 Å². The molecule has 1 aromatic heterocycles. The molecule has 1 saturated heterocycles. The first kappa shape index (κ1) is 24.4. The zero-order valence-corrected chi connectivity index (χ0v) is 20.2. The van der Waals surface area contributed by atoms with Crippen molar-refractivity contribution in [3.8, 4) is 23.1 Å². The quantitative estimate of drug-likeness (QED) is 0.371. The Bertz CT molecular complexity index is 1340. The van der Waals surface area contributed by atoms with Crippen molar-refractivity contribution in [2.75, 3.05) is 21.2 Å². The number of hydrogen-bond acceptors (Lipinski definition) is 7. The molecule has 184 valence electrons. The first-order valence-electron chi connectivity index (χ1n) is 11.0. The minimum absolute atomic E-state index is 0.332. The summed E-state index contributed by atoms with van der Waals surface area (Å²) >= 11 is 0. The summed E-state index contributed by atoms with van der Waals surface area (Å²) in [5.41, 5.74) is 1.77. The first-order valence-corrected chi connectivity index (χ1v) is 11.0. The molecule has 1 aliphatic heterocycles. The fourth-order valence-electron chi connectivity index (χ4n) is 3.72. The van der Waals surface area contributed by atoms with Gasteiger partial charge in [0.1, 0.15) is 11.5 Å². The molecule has 36 heavy (non-hydrogen) atoms. The molecule has 0 bridgehead atoms. The van der Waals surface area contributed by atoms with Gasteiger partial charge in [-0.15, -0.1) is 0 Å². The van der Waals surface area contributed by atoms with Crippen molar-refractivity contribution < 1.29 is 28.7 Å². The molecule has 0 saturated carbocycles. The van der Waals surface area contributed by atoms with Crippen LogP contribution in [0, 0.1) is 12.8 Å². The van der Waals surface area contributed by atoms with Crippen LogP contribution in [0.2, 0.25) is 0 Å². The minimum atomic E-state index is -1.63. The Kier molecular flexibility index (Phi) is 6.69. The van der Waals surface area contributed by atoms with Crippen LogP contribution in [0.4, 0.5) is 4.79 Å². The fourth-order valence-corrected chi connectivity index (χ4v) is 3.72. The SMILES string of the molecule is COc1ccc(Oc2c(/C=C/C(=O)C3C(=O)N(C)C(=O)N(C)C3=O)c(C)nn2-c2ccccc2)cc1. The second-order valence-electron chi connectivity index (χ2n) is 8.07. The number of ketones is 1. The maximum atomic E-state index is 12.9. The Morgan fingerprint density at radius 2 is 1.50 bits per heavy atom. The molecule has 1 fully saturated rings. The zero-order chi connectivity index (χ0) is 26.0. The number of aryl methyl sites for hydroxylation is 1. The summed E-state index contributed by atoms with van der Waals surface area (Å²) in [5.74, 6) is -2.63. The minimum Gasteiger partial charge on any atom is -0.497 e. The third-order valence-corrected chi connectivity index (χ3v) is 5.76. The predicted octanol–water partition coefficient (Wildman–Crippen LogP) is 3.23. The number of nitrogens with zero attached hydrogens (tertiary/aromatic N) is 4. The Morgan fingerprint density at radius 3 is 2.08 bits per heavy atom. The molecule has 0 atom stereocenters. The number of amides is 4. The van der Waals surface area contributed by atoms with Crippen LogP contribution in [0.15, 0.2) is 60.7 Å². The van der Waals surface area contributed by atoms with Gasteiger partial charge >= 0.3 is 6.03 Å². The number of urea groups is 1. The van der Waals surface area contributed by atoms with Crippen molar-refractivity contribution in [2.24, 2.45) is 5.92 Å². The smallest absolute Gasteiger partial charge is 0.332 e. The van der Waals surface area contributed by atoms with Gasteiger partial charge in [0.25, 0.3) is 11.8 Å². The van der Waals surface area contributed by atoms with Gasteiger partial charge in [0.2, 0.25) is 5.88 Å². The zero-order valence-electron chi connectivity index (χ0n) is 20.2. The molecular weight excluding hydrogens is 464 g/mol. The van der Waals surface area contributed by atoms with Crippen LogP contribution < -0.4 is 9.47 Å². The van der Waals surface area contributed by atoms with Gasteiger partial charge in [-0.25, -0.2) is 4.79 Å². The Labute approximate surface area is 207 Å². The summed E-state index contributed by atoms with van der Waals surface area (Å²) in [6.07, 6.45) is 2.60. The van der Waals surface area contributed by atoms with E-state index in [9.17, 15) is 19.2 Å². The number of ether oxygens (including phenoxy) is 2. The number of carbonyl (C=O) groups excluding carboxylic acids is 4. The molecule has 0 radical (unpaired) electrons. The summed E-state index contributed by atoms with van der Waals surface area (Å²) in [7, 11) is 4.02. The highest BCUT2D eigenvalue weighted by Gasteiger charge is 2.45. The molecule has 10 nitrogen and oxygen atoms in total. The number of para-hydroxylation sites is 1. The highest BCUT2D eigenvalue weighted by molar-refractivity contribution is 6.28. The van der Waals surface area contributed by atoms with E-state index in [4.69, 9.17) is 9.47 Å². The number of carbonyl (C=O) groups is 4. The van der Waals surface area contributed by atoms with Gasteiger partial charge in [0.15, 0.2) is 11.7 Å². The molecule has 2 heterocycles. The second kappa shape index (κ2) is 9.87. The van der Waals surface area contributed by atoms with Crippen LogP contribution in [-0.2, 0) is 14.4 Å². The molecule has 1 aliphatic rings. The monoisotopic (exact) mass is 488 g/mol. The lowest BCUT2D eigenvalue weighted by molar-refractivity contribution is -0.150. The van der Waals surface area contributed by atoms with E-state index in [0.717, 1.165) is 21.6 Å². The van der Waals surface area contributed by atoms with Gasteiger partial charge in [-0.3, -0.25) is 24.2 Å². The molecule has 0 N–H and O–H groups in total. The normalized spacial score (nSPS) is 14.6. The maximum absolute atomic E-state index is 12.9. The van der Waals surface area contributed by atoms with Crippen molar-refractivity contribution >= 4 is 29.7 Å². The van der Waals surface area contributed by atoms with Gasteiger partial charge in [0, 0.05) is 14.1 Å². The van der Waals surface area contributed by atoms with Crippen LogP contribution in [0.25, 0.3) is 11.8 Å². The van der Waals surface area contributed by atoms with Crippen molar-refractivity contribution in [3.63, 3.8) is 0 Å². The summed E-state index contributed by atoms with van der Waals surface area (Å²) in [4.78, 5) is 51.5. The highest BCUT2D eigenvalue weighted by Crippen LogP contribution is 2.32. The predicted molar refractivity (Wildman–Crippen MR) is 130 cm³/mol. The van der Waals surface area contributed by atoms with Crippen LogP contribution in [0.5, 0.6) is 17.4 Å². The summed E-state index contributed by atoms with van der Waals surface area (Å²) in [5, 5.41) is 4.57. The third-order valence-electron chi connectivity index (χ3n) is 5.76. The van der Waals surface area contributed by atoms with Crippen LogP contribution >= 0.6 is 0 Å². The standard InChI is InChI=1S/C26H24N4O6/c1-16-20(14-15-21(31)22-23(32)28(2)26(34)29(3)24(22)33)25(30(27-16)17-8-6-5-7-9-17)36-19-12-10-18(35-4)11-13-19/h5-15,22H,1-4H3/b15-14+. The lowest BCUT2D eigenvalue weighted by Crippen LogP contribution is -2.58. The van der Waals surface area contributed by atoms with E-state index in [1.165, 1.54) is 20.2 Å². The Morgan fingerprint density at radius 1 is 0.917 bits per heavy atom. The fraction of sp³-hybridized carbons (Fsp3) is 0.192. The Hall–Kier alpha value is -4.73. The third kappa shape index (κ3) is 4.48. The molecule has 0 aliphatic carbocycles. The van der Waals surface area contributed by atoms with Gasteiger partial charge in [-0.1, -0.05) is 18.2 Å². The molecule has 0 spiro atoms. The van der Waals surface area contributed by atoms with Crippen molar-refractivity contribution in [2.45, 2.75) is 6.92 Å². The lowest BCUT2D eigenvalue weighted by atomic mass is 9.98. The Balaban J connectivity index is 1.71. The summed E-state index contributed by atoms with van der Waals surface area (Å²) < 4.78 is 13.0. The van der Waals surface area contributed by atoms with Crippen molar-refractivity contribution in [1.82, 2.24) is 19.6 Å². The van der Waals surface area contributed by atoms with E-state index >= 15 is 0 Å². The van der Waals surface area contributed by atoms with E-state index in [0.29, 0.717) is 28.6 Å². The summed E-state index contributed by atoms with van der Waals surface area (Å²) in [6.45, 7) is 1.75. The molecule has 4 amide bonds.